The van der Waals surface area contributed by atoms with Crippen molar-refractivity contribution in [3.05, 3.63) is 238 Å². The van der Waals surface area contributed by atoms with E-state index in [-0.39, 0.29) is 119 Å². The van der Waals surface area contributed by atoms with Gasteiger partial charge < -0.3 is 55.8 Å². The third kappa shape index (κ3) is 21.1. The highest BCUT2D eigenvalue weighted by atomic mass is 79.9. The number of aryl methyl sites for hydroxylation is 3. The summed E-state index contributed by atoms with van der Waals surface area (Å²) in [6.07, 6.45) is 0. The lowest BCUT2D eigenvalue weighted by atomic mass is 9.83. The molecule has 0 saturated heterocycles. The molecular weight excluding hydrogens is 1630 g/mol. The van der Waals surface area contributed by atoms with Crippen LogP contribution in [0.25, 0.3) is 0 Å². The molecule has 6 aromatic rings. The van der Waals surface area contributed by atoms with E-state index in [1.807, 2.05) is 135 Å². The van der Waals surface area contributed by atoms with Gasteiger partial charge in [-0.3, -0.25) is 0 Å². The number of thioether (sulfide) groups is 3. The van der Waals surface area contributed by atoms with Gasteiger partial charge in [-0.05, 0) is 165 Å². The Bertz CT molecular complexity index is 4440. The van der Waals surface area contributed by atoms with Crippen molar-refractivity contribution in [2.75, 3.05) is 50.3 Å². The average molecular weight is 1710 g/mol. The van der Waals surface area contributed by atoms with Crippen molar-refractivity contribution in [3.63, 3.8) is 0 Å². The summed E-state index contributed by atoms with van der Waals surface area (Å²) in [5.74, 6) is -3.01. The number of hydrogen-bond acceptors (Lipinski definition) is 26. The number of esters is 3. The van der Waals surface area contributed by atoms with E-state index in [1.165, 1.54) is 35.3 Å². The van der Waals surface area contributed by atoms with Crippen molar-refractivity contribution in [3.8, 4) is 36.4 Å². The molecule has 0 aliphatic carbocycles. The zero-order chi connectivity index (χ0) is 80.4. The third-order valence-electron chi connectivity index (χ3n) is 16.9. The molecule has 0 fully saturated rings. The van der Waals surface area contributed by atoms with Gasteiger partial charge in [0, 0.05) is 43.7 Å². The average Bonchev–Trinajstić information content (AvgIpc) is 0.773. The largest absolute Gasteiger partial charge is 0.463 e. The van der Waals surface area contributed by atoms with Crippen LogP contribution in [-0.4, -0.2) is 93.4 Å². The molecule has 23 nitrogen and oxygen atoms in total. The maximum atomic E-state index is 13.1. The Morgan fingerprint density at radius 3 is 0.833 bits per heavy atom. The number of nitrogens with two attached hydrogens (primary N) is 3. The van der Waals surface area contributed by atoms with Crippen LogP contribution in [-0.2, 0) is 42.8 Å². The van der Waals surface area contributed by atoms with Crippen molar-refractivity contribution in [2.24, 2.45) is 17.2 Å². The first-order chi connectivity index (χ1) is 51.6. The minimum Gasteiger partial charge on any atom is -0.463 e. The van der Waals surface area contributed by atoms with Crippen molar-refractivity contribution >= 4 is 101 Å². The number of carbonyl (C=O) groups is 3. The molecule has 0 radical (unpaired) electrons. The summed E-state index contributed by atoms with van der Waals surface area (Å²) >= 11 is 14.4. The molecule has 3 aliphatic rings. The van der Waals surface area contributed by atoms with Gasteiger partial charge in [0.05, 0.1) is 88.2 Å². The van der Waals surface area contributed by atoms with Crippen LogP contribution in [0.1, 0.15) is 136 Å². The lowest BCUT2D eigenvalue weighted by Crippen LogP contribution is -2.27. The molecule has 562 valence electrons. The number of carbonyl (C=O) groups excluding carboxylic acids is 3. The van der Waals surface area contributed by atoms with Crippen molar-refractivity contribution in [1.29, 1.82) is 31.6 Å². The van der Waals surface area contributed by atoms with Crippen LogP contribution < -0.4 is 17.2 Å². The maximum Gasteiger partial charge on any atom is 0.338 e. The number of aromatic nitrogens is 3. The summed E-state index contributed by atoms with van der Waals surface area (Å²) in [5, 5.41) is 75.4. The van der Waals surface area contributed by atoms with Gasteiger partial charge in [0.2, 0.25) is 17.6 Å². The summed E-state index contributed by atoms with van der Waals surface area (Å²) in [7, 11) is 0. The molecule has 3 aromatic carbocycles. The third-order valence-corrected chi connectivity index (χ3v) is 22.0. The molecule has 8 N–H and O–H groups in total. The fourth-order valence-electron chi connectivity index (χ4n) is 11.0. The maximum absolute atomic E-state index is 13.1. The first kappa shape index (κ1) is 88.7. The van der Waals surface area contributed by atoms with Gasteiger partial charge in [0.1, 0.15) is 85.5 Å². The van der Waals surface area contributed by atoms with E-state index >= 15 is 0 Å². The number of benzene rings is 3. The Kier molecular flexibility index (Phi) is 35.0. The van der Waals surface area contributed by atoms with E-state index in [1.54, 1.807) is 34.6 Å². The molecule has 0 saturated carbocycles. The van der Waals surface area contributed by atoms with Gasteiger partial charge in [-0.15, -0.1) is 0 Å². The number of pyridine rings is 3. The summed E-state index contributed by atoms with van der Waals surface area (Å²) in [6, 6.07) is 34.9. The topological polar surface area (TPSA) is 407 Å². The molecule has 3 aromatic heterocycles. The predicted octanol–water partition coefficient (Wildman–Crippen LogP) is 15.2. The molecule has 0 amide bonds. The van der Waals surface area contributed by atoms with E-state index < -0.39 is 35.7 Å². The van der Waals surface area contributed by atoms with Gasteiger partial charge in [0.25, 0.3) is 0 Å². The minimum atomic E-state index is -0.770. The lowest BCUT2D eigenvalue weighted by Gasteiger charge is -2.28. The second-order valence-corrected chi connectivity index (χ2v) is 28.7. The zero-order valence-electron chi connectivity index (χ0n) is 62.0. The highest BCUT2D eigenvalue weighted by molar-refractivity contribution is 9.11. The Balaban J connectivity index is 0.000000280. The molecule has 3 aliphatic heterocycles. The number of aliphatic hydroxyl groups is 2. The summed E-state index contributed by atoms with van der Waals surface area (Å²) in [5.41, 5.74) is 30.8. The van der Waals surface area contributed by atoms with Crippen LogP contribution in [0.2, 0.25) is 0 Å². The fraction of sp³-hybridized carbons (Fsp3) is 0.316. The lowest BCUT2D eigenvalue weighted by molar-refractivity contribution is -0.140. The van der Waals surface area contributed by atoms with E-state index in [9.17, 15) is 46.0 Å². The number of aliphatic hydroxyl groups excluding tert-OH is 2. The van der Waals surface area contributed by atoms with Crippen LogP contribution in [0.5, 0.6) is 0 Å². The highest BCUT2D eigenvalue weighted by Gasteiger charge is 2.42. The van der Waals surface area contributed by atoms with Crippen LogP contribution in [0.4, 0.5) is 0 Å². The smallest absolute Gasteiger partial charge is 0.338 e. The molecule has 3 unspecified atom stereocenters. The molecule has 9 rings (SSSR count). The Morgan fingerprint density at radius 2 is 0.639 bits per heavy atom. The Labute approximate surface area is 667 Å². The molecule has 0 bridgehead atoms. The van der Waals surface area contributed by atoms with E-state index in [0.717, 1.165) is 63.9 Å². The number of nitriles is 6. The summed E-state index contributed by atoms with van der Waals surface area (Å²) in [4.78, 5) is 53.1. The van der Waals surface area contributed by atoms with E-state index in [2.05, 4.69) is 99.2 Å². The second-order valence-electron chi connectivity index (χ2n) is 23.2. The van der Waals surface area contributed by atoms with Gasteiger partial charge in [-0.1, -0.05) is 138 Å². The molecule has 6 heterocycles. The summed E-state index contributed by atoms with van der Waals surface area (Å²) in [6.45, 7) is 26.5. The Hall–Kier alpha value is -9.89. The quantitative estimate of drug-likeness (QED) is 0.0303. The van der Waals surface area contributed by atoms with Gasteiger partial charge in [-0.25, -0.2) is 29.3 Å². The monoisotopic (exact) mass is 1710 g/mol. The van der Waals surface area contributed by atoms with E-state index in [4.69, 9.17) is 55.8 Å². The number of halogens is 3. The van der Waals surface area contributed by atoms with Crippen LogP contribution in [0.3, 0.4) is 0 Å². The molecule has 0 spiro atoms. The normalized spacial score (nSPS) is 14.9. The molecule has 108 heavy (non-hydrogen) atoms. The first-order valence-corrected chi connectivity index (χ1v) is 38.8. The zero-order valence-corrected chi connectivity index (χ0v) is 69.2. The fourth-order valence-corrected chi connectivity index (χ4v) is 15.6. The SMILES string of the molecule is CCO.CCO.CCOC(=O)C1=C(CSc2nc(C)c(C)c(C)c2C#N)OC(N)=C(C#N)C1c1ccccc1Br.CCOC(=O)C1=C(CSc2nc(C)c(C)c(C)c2C#N)OC(N)=C(C#N)C1c1ccccc1Br.CCOC(=O)C1=C(CSc2nc(C)c(C)c(C)c2C#N)OC(N)=C(C#N)C1c1ccccc1Br. The Morgan fingerprint density at radius 1 is 0.417 bits per heavy atom. The standard InChI is InChI=1S/3C25H23BrN4O3S.2C2H6O/c3*1-5-32-25(31)22-20(12-34-24-17(10-27)14(3)13(2)15(4)30-24)33-23(29)18(11-28)21(22)16-8-6-7-9-19(16)26;2*1-2-3/h3*6-9,21H,5,12,29H2,1-4H3;2*3H,2H2,1H3. The number of hydrogen-bond donors (Lipinski definition) is 5. The highest BCUT2D eigenvalue weighted by Crippen LogP contribution is 2.47. The summed E-state index contributed by atoms with van der Waals surface area (Å²) < 4.78 is 35.6. The van der Waals surface area contributed by atoms with Crippen LogP contribution >= 0.6 is 83.1 Å². The first-order valence-electron chi connectivity index (χ1n) is 33.5. The van der Waals surface area contributed by atoms with Crippen LogP contribution in [0.15, 0.2) is 170 Å². The van der Waals surface area contributed by atoms with Gasteiger partial charge >= 0.3 is 17.9 Å². The molecule has 3 atom stereocenters. The van der Waals surface area contributed by atoms with Crippen molar-refractivity contribution in [1.82, 2.24) is 15.0 Å². The number of nitrogens with zero attached hydrogens (tertiary/aromatic N) is 9. The molecule has 29 heteroatoms. The second kappa shape index (κ2) is 42.6. The number of ether oxygens (including phenoxy) is 6. The minimum absolute atomic E-state index is 0.0726. The van der Waals surface area contributed by atoms with Crippen molar-refractivity contribution < 1.29 is 53.0 Å². The van der Waals surface area contributed by atoms with Crippen LogP contribution in [0, 0.1) is 130 Å². The van der Waals surface area contributed by atoms with Gasteiger partial charge in [0.15, 0.2) is 0 Å². The predicted molar refractivity (Wildman–Crippen MR) is 423 cm³/mol. The van der Waals surface area contributed by atoms with Crippen molar-refractivity contribution in [2.45, 2.75) is 130 Å². The number of allylic oxidation sites excluding steroid dienone is 3. The van der Waals surface area contributed by atoms with E-state index in [0.29, 0.717) is 48.5 Å². The molecular formula is C79H81Br3N12O11S3. The number of rotatable bonds is 18. The van der Waals surface area contributed by atoms with Gasteiger partial charge in [-0.2, -0.15) is 31.6 Å².